The number of amides is 1. The van der Waals surface area contributed by atoms with Crippen molar-refractivity contribution in [2.75, 3.05) is 6.61 Å². The third-order valence-electron chi connectivity index (χ3n) is 12.4. The van der Waals surface area contributed by atoms with E-state index < -0.39 is 12.1 Å². The molecule has 0 saturated carbocycles. The number of hydrogen-bond acceptors (Lipinski definition) is 3. The summed E-state index contributed by atoms with van der Waals surface area (Å²) in [5.41, 5.74) is 0. The highest BCUT2D eigenvalue weighted by Gasteiger charge is 2.20. The molecule has 0 aliphatic carbocycles. The Labute approximate surface area is 346 Å². The first-order valence-electron chi connectivity index (χ1n) is 25.7. The molecule has 0 rings (SSSR count). The molecule has 2 atom stereocenters. The van der Waals surface area contributed by atoms with Crippen molar-refractivity contribution in [1.29, 1.82) is 0 Å². The summed E-state index contributed by atoms with van der Waals surface area (Å²) in [5, 5.41) is 22.9. The fourth-order valence-corrected chi connectivity index (χ4v) is 8.42. The Morgan fingerprint density at radius 1 is 0.364 bits per heavy atom. The van der Waals surface area contributed by atoms with Crippen LogP contribution in [0.1, 0.15) is 303 Å². The zero-order valence-corrected chi connectivity index (χ0v) is 38.0. The van der Waals surface area contributed by atoms with Crippen LogP contribution in [0.25, 0.3) is 0 Å². The van der Waals surface area contributed by atoms with Gasteiger partial charge >= 0.3 is 0 Å². The molecule has 0 aromatic rings. The average Bonchev–Trinajstić information content (AvgIpc) is 3.19. The number of nitrogens with one attached hydrogen (secondary N) is 1. The molecule has 0 radical (unpaired) electrons. The third-order valence-corrected chi connectivity index (χ3v) is 12.4. The Balaban J connectivity index is 3.25. The van der Waals surface area contributed by atoms with Crippen LogP contribution >= 0.6 is 0 Å². The zero-order chi connectivity index (χ0) is 40.0. The second-order valence-corrected chi connectivity index (χ2v) is 18.0. The number of rotatable bonds is 48. The molecule has 0 fully saturated rings. The second kappa shape index (κ2) is 47.8. The SMILES string of the molecule is CCCCCCCCCCCCCCCCCCCCCCCCCCCCCCCCCCCCCCCC(=O)NC(CO)C(O)CCCCCCCC. The molecule has 0 aliphatic rings. The molecule has 0 bridgehead atoms. The van der Waals surface area contributed by atoms with Gasteiger partial charge < -0.3 is 15.5 Å². The van der Waals surface area contributed by atoms with Crippen molar-refractivity contribution in [2.45, 2.75) is 315 Å². The first-order chi connectivity index (χ1) is 27.2. The number of unbranched alkanes of at least 4 members (excludes halogenated alkanes) is 41. The smallest absolute Gasteiger partial charge is 0.220 e. The van der Waals surface area contributed by atoms with Gasteiger partial charge in [-0.3, -0.25) is 4.79 Å². The highest BCUT2D eigenvalue weighted by molar-refractivity contribution is 5.76. The van der Waals surface area contributed by atoms with Gasteiger partial charge in [0.15, 0.2) is 0 Å². The Bertz CT molecular complexity index is 714. The van der Waals surface area contributed by atoms with Crippen LogP contribution in [0.15, 0.2) is 0 Å². The molecule has 0 heterocycles. The van der Waals surface area contributed by atoms with Gasteiger partial charge in [0.1, 0.15) is 0 Å². The molecule has 0 spiro atoms. The lowest BCUT2D eigenvalue weighted by Crippen LogP contribution is -2.45. The van der Waals surface area contributed by atoms with E-state index in [0.29, 0.717) is 12.8 Å². The molecular formula is C51H103NO3. The van der Waals surface area contributed by atoms with Gasteiger partial charge in [-0.2, -0.15) is 0 Å². The summed E-state index contributed by atoms with van der Waals surface area (Å²) in [7, 11) is 0. The van der Waals surface area contributed by atoms with E-state index in [0.717, 1.165) is 25.7 Å². The predicted octanol–water partition coefficient (Wildman–Crippen LogP) is 16.4. The number of aliphatic hydroxyl groups is 2. The Hall–Kier alpha value is -0.610. The standard InChI is InChI=1S/C51H103NO3/c1-3-5-7-9-11-12-13-14-15-16-17-18-19-20-21-22-23-24-25-26-27-28-29-30-31-32-33-34-35-36-37-38-39-40-41-43-45-47-51(55)52-49(48-53)50(54)46-44-42-10-8-6-4-2/h49-50,53-54H,3-48H2,1-2H3,(H,52,55). The maximum atomic E-state index is 12.3. The molecule has 2 unspecified atom stereocenters. The molecule has 330 valence electrons. The lowest BCUT2D eigenvalue weighted by Gasteiger charge is -2.22. The van der Waals surface area contributed by atoms with Gasteiger partial charge in [0.05, 0.1) is 18.8 Å². The number of carbonyl (C=O) groups excluding carboxylic acids is 1. The van der Waals surface area contributed by atoms with Gasteiger partial charge in [0.25, 0.3) is 0 Å². The Morgan fingerprint density at radius 2 is 0.582 bits per heavy atom. The summed E-state index contributed by atoms with van der Waals surface area (Å²) in [6, 6.07) is -0.527. The first kappa shape index (κ1) is 54.4. The minimum atomic E-state index is -0.650. The van der Waals surface area contributed by atoms with Gasteiger partial charge in [0, 0.05) is 6.42 Å². The van der Waals surface area contributed by atoms with Crippen molar-refractivity contribution in [1.82, 2.24) is 5.32 Å². The fourth-order valence-electron chi connectivity index (χ4n) is 8.42. The topological polar surface area (TPSA) is 69.6 Å². The highest BCUT2D eigenvalue weighted by Crippen LogP contribution is 2.18. The van der Waals surface area contributed by atoms with Gasteiger partial charge in [-0.15, -0.1) is 0 Å². The molecule has 0 aromatic heterocycles. The van der Waals surface area contributed by atoms with E-state index in [-0.39, 0.29) is 12.5 Å². The fraction of sp³-hybridized carbons (Fsp3) is 0.980. The first-order valence-corrected chi connectivity index (χ1v) is 25.7. The van der Waals surface area contributed by atoms with Crippen LogP contribution in [0, 0.1) is 0 Å². The summed E-state index contributed by atoms with van der Waals surface area (Å²) in [6.07, 6.45) is 59.8. The molecule has 1 amide bonds. The van der Waals surface area contributed by atoms with Crippen LogP contribution < -0.4 is 5.32 Å². The van der Waals surface area contributed by atoms with E-state index >= 15 is 0 Å². The predicted molar refractivity (Wildman–Crippen MR) is 244 cm³/mol. The quantitative estimate of drug-likeness (QED) is 0.0539. The molecule has 0 aromatic carbocycles. The molecule has 0 aliphatic heterocycles. The molecule has 4 nitrogen and oxygen atoms in total. The lowest BCUT2D eigenvalue weighted by atomic mass is 10.0. The van der Waals surface area contributed by atoms with Gasteiger partial charge in [0.2, 0.25) is 5.91 Å². The summed E-state index contributed by atoms with van der Waals surface area (Å²) in [5.74, 6) is -0.0302. The largest absolute Gasteiger partial charge is 0.394 e. The van der Waals surface area contributed by atoms with Crippen molar-refractivity contribution in [3.05, 3.63) is 0 Å². The van der Waals surface area contributed by atoms with E-state index in [2.05, 4.69) is 19.2 Å². The highest BCUT2D eigenvalue weighted by atomic mass is 16.3. The van der Waals surface area contributed by atoms with E-state index in [1.165, 1.54) is 250 Å². The molecule has 55 heavy (non-hydrogen) atoms. The van der Waals surface area contributed by atoms with Crippen molar-refractivity contribution < 1.29 is 15.0 Å². The summed E-state index contributed by atoms with van der Waals surface area (Å²) >= 11 is 0. The van der Waals surface area contributed by atoms with E-state index in [1.807, 2.05) is 0 Å². The molecule has 0 saturated heterocycles. The molecular weight excluding hydrogens is 675 g/mol. The van der Waals surface area contributed by atoms with Crippen LogP contribution in [0.3, 0.4) is 0 Å². The van der Waals surface area contributed by atoms with E-state index in [1.54, 1.807) is 0 Å². The van der Waals surface area contributed by atoms with Crippen LogP contribution in [-0.4, -0.2) is 34.9 Å². The average molecular weight is 778 g/mol. The zero-order valence-electron chi connectivity index (χ0n) is 38.0. The van der Waals surface area contributed by atoms with Crippen LogP contribution in [0.2, 0.25) is 0 Å². The molecule has 3 N–H and O–H groups in total. The second-order valence-electron chi connectivity index (χ2n) is 18.0. The van der Waals surface area contributed by atoms with Gasteiger partial charge in [-0.1, -0.05) is 284 Å². The van der Waals surface area contributed by atoms with Crippen LogP contribution in [0.5, 0.6) is 0 Å². The Morgan fingerprint density at radius 3 is 0.818 bits per heavy atom. The number of hydrogen-bond donors (Lipinski definition) is 3. The van der Waals surface area contributed by atoms with Gasteiger partial charge in [-0.05, 0) is 12.8 Å². The minimum Gasteiger partial charge on any atom is -0.394 e. The van der Waals surface area contributed by atoms with Crippen LogP contribution in [-0.2, 0) is 4.79 Å². The summed E-state index contributed by atoms with van der Waals surface area (Å²) in [6.45, 7) is 4.33. The minimum absolute atomic E-state index is 0.0302. The maximum Gasteiger partial charge on any atom is 0.220 e. The summed E-state index contributed by atoms with van der Waals surface area (Å²) in [4.78, 5) is 12.3. The van der Waals surface area contributed by atoms with Crippen molar-refractivity contribution >= 4 is 5.91 Å². The number of aliphatic hydroxyl groups excluding tert-OH is 2. The van der Waals surface area contributed by atoms with Crippen molar-refractivity contribution in [3.8, 4) is 0 Å². The van der Waals surface area contributed by atoms with Crippen molar-refractivity contribution in [2.24, 2.45) is 0 Å². The third kappa shape index (κ3) is 44.3. The van der Waals surface area contributed by atoms with Crippen molar-refractivity contribution in [3.63, 3.8) is 0 Å². The Kier molecular flexibility index (Phi) is 47.2. The van der Waals surface area contributed by atoms with E-state index in [9.17, 15) is 15.0 Å². The summed E-state index contributed by atoms with van der Waals surface area (Å²) < 4.78 is 0. The lowest BCUT2D eigenvalue weighted by molar-refractivity contribution is -0.123. The monoisotopic (exact) mass is 778 g/mol. The van der Waals surface area contributed by atoms with Gasteiger partial charge in [-0.25, -0.2) is 0 Å². The number of carbonyl (C=O) groups is 1. The van der Waals surface area contributed by atoms with E-state index in [4.69, 9.17) is 0 Å². The normalized spacial score (nSPS) is 12.7. The maximum absolute atomic E-state index is 12.3. The molecule has 4 heteroatoms. The van der Waals surface area contributed by atoms with Crippen LogP contribution in [0.4, 0.5) is 0 Å².